The Bertz CT molecular complexity index is 476. The van der Waals surface area contributed by atoms with Crippen molar-refractivity contribution in [2.75, 3.05) is 33.0 Å². The third-order valence-corrected chi connectivity index (χ3v) is 4.14. The van der Waals surface area contributed by atoms with Crippen LogP contribution < -0.4 is 5.32 Å². The molecule has 1 aromatic carbocycles. The molecular weight excluding hydrogens is 313 g/mol. The van der Waals surface area contributed by atoms with E-state index >= 15 is 0 Å². The minimum atomic E-state index is -0.216. The number of ether oxygens (including phenoxy) is 2. The molecule has 0 aromatic heterocycles. The van der Waals surface area contributed by atoms with Gasteiger partial charge in [0.15, 0.2) is 0 Å². The van der Waals surface area contributed by atoms with Crippen molar-refractivity contribution in [2.45, 2.75) is 12.8 Å². The number of benzene rings is 1. The van der Waals surface area contributed by atoms with Crippen LogP contribution in [0, 0.1) is 5.92 Å². The maximum Gasteiger partial charge on any atom is 0.252 e. The first-order chi connectivity index (χ1) is 10.2. The number of hydrogen-bond donors (Lipinski definition) is 1. The van der Waals surface area contributed by atoms with Crippen molar-refractivity contribution in [3.8, 4) is 0 Å². The summed E-state index contributed by atoms with van der Waals surface area (Å²) in [5, 5.41) is 3.48. The Kier molecular flexibility index (Phi) is 6.77. The van der Waals surface area contributed by atoms with Crippen LogP contribution >= 0.6 is 23.2 Å². The number of carbonyl (C=O) groups excluding carboxylic acids is 1. The van der Waals surface area contributed by atoms with Crippen LogP contribution in [0.2, 0.25) is 10.0 Å². The Morgan fingerprint density at radius 1 is 1.43 bits per heavy atom. The molecule has 1 unspecified atom stereocenters. The van der Waals surface area contributed by atoms with Crippen LogP contribution in [0.1, 0.15) is 23.2 Å². The van der Waals surface area contributed by atoms with Gasteiger partial charge in [-0.05, 0) is 25.0 Å². The molecule has 21 heavy (non-hydrogen) atoms. The molecular formula is C15H19Cl2NO3. The van der Waals surface area contributed by atoms with E-state index in [-0.39, 0.29) is 10.9 Å². The highest BCUT2D eigenvalue weighted by Gasteiger charge is 2.15. The molecule has 1 aliphatic heterocycles. The zero-order valence-electron chi connectivity index (χ0n) is 11.7. The number of rotatable bonds is 7. The quantitative estimate of drug-likeness (QED) is 0.780. The summed E-state index contributed by atoms with van der Waals surface area (Å²) in [4.78, 5) is 11.9. The number of hydrogen-bond acceptors (Lipinski definition) is 3. The Labute approximate surface area is 134 Å². The predicted molar refractivity (Wildman–Crippen MR) is 83.2 cm³/mol. The van der Waals surface area contributed by atoms with Crippen LogP contribution in [-0.4, -0.2) is 38.9 Å². The van der Waals surface area contributed by atoms with Crippen LogP contribution in [-0.2, 0) is 9.47 Å². The average molecular weight is 332 g/mol. The van der Waals surface area contributed by atoms with Gasteiger partial charge in [-0.1, -0.05) is 29.3 Å². The van der Waals surface area contributed by atoms with Crippen LogP contribution in [0.15, 0.2) is 18.2 Å². The van der Waals surface area contributed by atoms with Gasteiger partial charge < -0.3 is 14.8 Å². The molecule has 1 heterocycles. The summed E-state index contributed by atoms with van der Waals surface area (Å²) in [5.41, 5.74) is 0.396. The minimum Gasteiger partial charge on any atom is -0.381 e. The summed E-state index contributed by atoms with van der Waals surface area (Å²) < 4.78 is 10.8. The maximum atomic E-state index is 11.9. The minimum absolute atomic E-state index is 0.216. The molecule has 2 rings (SSSR count). The molecule has 116 valence electrons. The van der Waals surface area contributed by atoms with Gasteiger partial charge in [0.25, 0.3) is 5.91 Å². The first-order valence-electron chi connectivity index (χ1n) is 7.06. The molecule has 4 nitrogen and oxygen atoms in total. The maximum absolute atomic E-state index is 11.9. The highest BCUT2D eigenvalue weighted by Crippen LogP contribution is 2.25. The predicted octanol–water partition coefficient (Wildman–Crippen LogP) is 3.17. The molecule has 1 fully saturated rings. The van der Waals surface area contributed by atoms with Gasteiger partial charge in [-0.15, -0.1) is 0 Å². The molecule has 0 bridgehead atoms. The van der Waals surface area contributed by atoms with Crippen LogP contribution in [0.5, 0.6) is 0 Å². The molecule has 1 amide bonds. The van der Waals surface area contributed by atoms with Crippen molar-refractivity contribution in [2.24, 2.45) is 5.92 Å². The van der Waals surface area contributed by atoms with Crippen LogP contribution in [0.4, 0.5) is 0 Å². The highest BCUT2D eigenvalue weighted by molar-refractivity contribution is 6.43. The summed E-state index contributed by atoms with van der Waals surface area (Å²) in [6, 6.07) is 5.01. The molecule has 0 spiro atoms. The van der Waals surface area contributed by atoms with Gasteiger partial charge in [0, 0.05) is 25.7 Å². The SMILES string of the molecule is O=C(NCCCOCC1CCOC1)c1cccc(Cl)c1Cl. The fourth-order valence-corrected chi connectivity index (χ4v) is 2.50. The molecule has 6 heteroatoms. The van der Waals surface area contributed by atoms with Gasteiger partial charge in [0.1, 0.15) is 0 Å². The van der Waals surface area contributed by atoms with Crippen molar-refractivity contribution >= 4 is 29.1 Å². The van der Waals surface area contributed by atoms with Gasteiger partial charge >= 0.3 is 0 Å². The van der Waals surface area contributed by atoms with Gasteiger partial charge in [0.05, 0.1) is 28.8 Å². The van der Waals surface area contributed by atoms with E-state index in [0.717, 1.165) is 32.7 Å². The van der Waals surface area contributed by atoms with E-state index in [9.17, 15) is 4.79 Å². The Morgan fingerprint density at radius 3 is 3.05 bits per heavy atom. The Hall–Kier alpha value is -0.810. The Balaban J connectivity index is 1.61. The van der Waals surface area contributed by atoms with Gasteiger partial charge in [-0.25, -0.2) is 0 Å². The van der Waals surface area contributed by atoms with Crippen molar-refractivity contribution in [3.05, 3.63) is 33.8 Å². The van der Waals surface area contributed by atoms with E-state index in [1.807, 2.05) is 0 Å². The summed E-state index contributed by atoms with van der Waals surface area (Å²) in [6.07, 6.45) is 1.83. The molecule has 1 saturated heterocycles. The average Bonchev–Trinajstić information content (AvgIpc) is 2.98. The van der Waals surface area contributed by atoms with Crippen molar-refractivity contribution in [3.63, 3.8) is 0 Å². The number of amides is 1. The lowest BCUT2D eigenvalue weighted by Crippen LogP contribution is -2.25. The van der Waals surface area contributed by atoms with E-state index < -0.39 is 0 Å². The summed E-state index contributed by atoms with van der Waals surface area (Å²) in [6.45, 7) is 3.53. The molecule has 1 aliphatic rings. The van der Waals surface area contributed by atoms with Gasteiger partial charge in [-0.2, -0.15) is 0 Å². The van der Waals surface area contributed by atoms with Crippen molar-refractivity contribution in [1.82, 2.24) is 5.32 Å². The fraction of sp³-hybridized carbons (Fsp3) is 0.533. The normalized spacial score (nSPS) is 17.9. The second-order valence-corrected chi connectivity index (χ2v) is 5.80. The van der Waals surface area contributed by atoms with E-state index in [2.05, 4.69) is 5.32 Å². The summed E-state index contributed by atoms with van der Waals surface area (Å²) in [5.74, 6) is 0.302. The first kappa shape index (κ1) is 16.6. The molecule has 1 atom stereocenters. The van der Waals surface area contributed by atoms with Crippen molar-refractivity contribution in [1.29, 1.82) is 0 Å². The fourth-order valence-electron chi connectivity index (χ4n) is 2.12. The zero-order chi connectivity index (χ0) is 15.1. The largest absolute Gasteiger partial charge is 0.381 e. The zero-order valence-corrected chi connectivity index (χ0v) is 13.3. The highest BCUT2D eigenvalue weighted by atomic mass is 35.5. The molecule has 0 saturated carbocycles. The number of carbonyl (C=O) groups is 1. The molecule has 0 aliphatic carbocycles. The second kappa shape index (κ2) is 8.59. The lowest BCUT2D eigenvalue weighted by atomic mass is 10.1. The van der Waals surface area contributed by atoms with Crippen molar-refractivity contribution < 1.29 is 14.3 Å². The summed E-state index contributed by atoms with van der Waals surface area (Å²) >= 11 is 11.9. The third kappa shape index (κ3) is 5.15. The van der Waals surface area contributed by atoms with Gasteiger partial charge in [0.2, 0.25) is 0 Å². The van der Waals surface area contributed by atoms with Crippen LogP contribution in [0.3, 0.4) is 0 Å². The topological polar surface area (TPSA) is 47.6 Å². The van der Waals surface area contributed by atoms with E-state index in [4.69, 9.17) is 32.7 Å². The number of halogens is 2. The standard InChI is InChI=1S/C15H19Cl2NO3/c16-13-4-1-3-12(14(13)17)15(19)18-6-2-7-20-9-11-5-8-21-10-11/h1,3-4,11H,2,5-10H2,(H,18,19). The van der Waals surface area contributed by atoms with E-state index in [0.29, 0.717) is 29.7 Å². The Morgan fingerprint density at radius 2 is 2.29 bits per heavy atom. The summed E-state index contributed by atoms with van der Waals surface area (Å²) in [7, 11) is 0. The van der Waals surface area contributed by atoms with Gasteiger partial charge in [-0.3, -0.25) is 4.79 Å². The second-order valence-electron chi connectivity index (χ2n) is 5.02. The molecule has 1 N–H and O–H groups in total. The first-order valence-corrected chi connectivity index (χ1v) is 7.82. The molecule has 0 radical (unpaired) electrons. The number of nitrogens with one attached hydrogen (secondary N) is 1. The lowest BCUT2D eigenvalue weighted by molar-refractivity contribution is 0.0853. The lowest BCUT2D eigenvalue weighted by Gasteiger charge is -2.10. The smallest absolute Gasteiger partial charge is 0.252 e. The third-order valence-electron chi connectivity index (χ3n) is 3.32. The van der Waals surface area contributed by atoms with E-state index in [1.165, 1.54) is 0 Å². The molecule has 1 aromatic rings. The van der Waals surface area contributed by atoms with E-state index in [1.54, 1.807) is 18.2 Å². The van der Waals surface area contributed by atoms with Crippen LogP contribution in [0.25, 0.3) is 0 Å². The monoisotopic (exact) mass is 331 g/mol.